The third kappa shape index (κ3) is 2.02. The Kier molecular flexibility index (Phi) is 3.11. The molecule has 0 fully saturated rings. The molecule has 0 bridgehead atoms. The van der Waals surface area contributed by atoms with Crippen LogP contribution in [0.4, 0.5) is 0 Å². The van der Waals surface area contributed by atoms with Gasteiger partial charge in [0.05, 0.1) is 0 Å². The van der Waals surface area contributed by atoms with Gasteiger partial charge in [-0.2, -0.15) is 0 Å². The van der Waals surface area contributed by atoms with Gasteiger partial charge in [-0.3, -0.25) is 0 Å². The fourth-order valence-electron chi connectivity index (χ4n) is 2.64. The summed E-state index contributed by atoms with van der Waals surface area (Å²) in [4.78, 5) is 2.50. The normalized spacial score (nSPS) is 10.9. The summed E-state index contributed by atoms with van der Waals surface area (Å²) >= 11 is 1.76. The summed E-state index contributed by atoms with van der Waals surface area (Å²) in [5, 5.41) is 12.4. The molecule has 0 saturated heterocycles. The van der Waals surface area contributed by atoms with Gasteiger partial charge in [0.15, 0.2) is 0 Å². The number of aromatic hydroxyl groups is 1. The number of phenols is 1. The molecule has 3 aromatic rings. The van der Waals surface area contributed by atoms with Crippen LogP contribution in [0.25, 0.3) is 16.3 Å². The van der Waals surface area contributed by atoms with Crippen LogP contribution in [0.3, 0.4) is 0 Å². The first-order valence-electron chi connectivity index (χ1n) is 6.55. The maximum absolute atomic E-state index is 10.3. The number of thiophene rings is 1. The summed E-state index contributed by atoms with van der Waals surface area (Å²) in [5.41, 5.74) is 2.85. The number of phenolic OH excluding ortho intramolecular Hbond substituents is 1. The molecular formula is C18H16OS. The zero-order chi connectivity index (χ0) is 14.3. The van der Waals surface area contributed by atoms with Crippen LogP contribution < -0.4 is 0 Å². The van der Waals surface area contributed by atoms with Crippen molar-refractivity contribution in [1.29, 1.82) is 0 Å². The van der Waals surface area contributed by atoms with E-state index < -0.39 is 0 Å². The predicted molar refractivity (Wildman–Crippen MR) is 87.5 cm³/mol. The summed E-state index contributed by atoms with van der Waals surface area (Å²) in [5.74, 6) is 0.289. The minimum absolute atomic E-state index is 0.289. The molecule has 1 heterocycles. The van der Waals surface area contributed by atoms with Crippen molar-refractivity contribution in [2.24, 2.45) is 0 Å². The van der Waals surface area contributed by atoms with Crippen molar-refractivity contribution in [3.05, 3.63) is 69.9 Å². The van der Waals surface area contributed by atoms with Gasteiger partial charge >= 0.3 is 0 Å². The number of rotatable bonds is 2. The molecule has 0 aliphatic heterocycles. The second-order valence-electron chi connectivity index (χ2n) is 4.99. The van der Waals surface area contributed by atoms with Crippen molar-refractivity contribution in [2.45, 2.75) is 13.8 Å². The van der Waals surface area contributed by atoms with Gasteiger partial charge in [-0.25, -0.2) is 0 Å². The van der Waals surface area contributed by atoms with E-state index in [9.17, 15) is 5.11 Å². The van der Waals surface area contributed by atoms with Gasteiger partial charge in [0.2, 0.25) is 0 Å². The number of aryl methyl sites for hydroxylation is 2. The van der Waals surface area contributed by atoms with E-state index in [1.807, 2.05) is 24.3 Å². The van der Waals surface area contributed by atoms with Crippen LogP contribution in [0.15, 0.2) is 49.0 Å². The Labute approximate surface area is 122 Å². The van der Waals surface area contributed by atoms with Gasteiger partial charge in [-0.15, -0.1) is 11.3 Å². The molecular weight excluding hydrogens is 264 g/mol. The molecule has 2 heteroatoms. The fraction of sp³-hybridized carbons (Fsp3) is 0.111. The number of hydrogen-bond donors (Lipinski definition) is 1. The molecule has 100 valence electrons. The van der Waals surface area contributed by atoms with E-state index in [2.05, 4.69) is 32.6 Å². The molecule has 20 heavy (non-hydrogen) atoms. The van der Waals surface area contributed by atoms with E-state index >= 15 is 0 Å². The van der Waals surface area contributed by atoms with E-state index in [0.29, 0.717) is 0 Å². The van der Waals surface area contributed by atoms with Crippen LogP contribution in [0.5, 0.6) is 5.75 Å². The predicted octanol–water partition coefficient (Wildman–Crippen LogP) is 5.29. The average molecular weight is 280 g/mol. The second kappa shape index (κ2) is 4.80. The molecule has 0 atom stereocenters. The Balaban J connectivity index is 2.26. The minimum atomic E-state index is 0.289. The summed E-state index contributed by atoms with van der Waals surface area (Å²) in [6.45, 7) is 8.42. The Hall–Kier alpha value is -2.06. The first kappa shape index (κ1) is 12.9. The Morgan fingerprint density at radius 1 is 1.10 bits per heavy atom. The summed E-state index contributed by atoms with van der Waals surface area (Å²) in [6, 6.07) is 13.9. The third-order valence-corrected chi connectivity index (χ3v) is 4.54. The zero-order valence-electron chi connectivity index (χ0n) is 11.6. The van der Waals surface area contributed by atoms with Crippen molar-refractivity contribution in [3.63, 3.8) is 0 Å². The molecule has 3 rings (SSSR count). The standard InChI is InChI=1S/C18H16OS/c1-11-10-16(13(3)20-11)12(2)18-15-7-5-4-6-14(15)8-9-17(18)19/h4-10,19H,2H2,1,3H3. The largest absolute Gasteiger partial charge is 0.507 e. The van der Waals surface area contributed by atoms with Crippen LogP contribution in [0.2, 0.25) is 0 Å². The molecule has 0 spiro atoms. The molecule has 0 amide bonds. The van der Waals surface area contributed by atoms with Gasteiger partial charge in [0, 0.05) is 15.3 Å². The Bertz CT molecular complexity index is 811. The monoisotopic (exact) mass is 280 g/mol. The average Bonchev–Trinajstić information content (AvgIpc) is 2.77. The fourth-order valence-corrected chi connectivity index (χ4v) is 3.59. The lowest BCUT2D eigenvalue weighted by atomic mass is 9.94. The minimum Gasteiger partial charge on any atom is -0.507 e. The molecule has 0 radical (unpaired) electrons. The van der Waals surface area contributed by atoms with Gasteiger partial charge in [0.1, 0.15) is 5.75 Å². The van der Waals surface area contributed by atoms with Gasteiger partial charge in [-0.05, 0) is 47.9 Å². The maximum Gasteiger partial charge on any atom is 0.124 e. The lowest BCUT2D eigenvalue weighted by Crippen LogP contribution is -1.89. The van der Waals surface area contributed by atoms with Gasteiger partial charge in [-0.1, -0.05) is 36.9 Å². The number of benzene rings is 2. The quantitative estimate of drug-likeness (QED) is 0.676. The number of hydrogen-bond acceptors (Lipinski definition) is 2. The van der Waals surface area contributed by atoms with Crippen molar-refractivity contribution in [3.8, 4) is 5.75 Å². The van der Waals surface area contributed by atoms with E-state index in [1.54, 1.807) is 17.4 Å². The highest BCUT2D eigenvalue weighted by Crippen LogP contribution is 2.38. The molecule has 1 nitrogen and oxygen atoms in total. The Morgan fingerprint density at radius 2 is 1.85 bits per heavy atom. The number of fused-ring (bicyclic) bond motifs is 1. The van der Waals surface area contributed by atoms with E-state index in [0.717, 1.165) is 27.5 Å². The van der Waals surface area contributed by atoms with Crippen LogP contribution >= 0.6 is 11.3 Å². The highest BCUT2D eigenvalue weighted by atomic mass is 32.1. The van der Waals surface area contributed by atoms with Crippen molar-refractivity contribution < 1.29 is 5.11 Å². The molecule has 0 saturated carbocycles. The summed E-state index contributed by atoms with van der Waals surface area (Å²) in [6.07, 6.45) is 0. The van der Waals surface area contributed by atoms with E-state index in [-0.39, 0.29) is 5.75 Å². The first-order valence-corrected chi connectivity index (χ1v) is 7.37. The van der Waals surface area contributed by atoms with Crippen LogP contribution in [-0.2, 0) is 0 Å². The molecule has 0 unspecified atom stereocenters. The van der Waals surface area contributed by atoms with E-state index in [1.165, 1.54) is 9.75 Å². The van der Waals surface area contributed by atoms with Gasteiger partial charge < -0.3 is 5.11 Å². The van der Waals surface area contributed by atoms with Gasteiger partial charge in [0.25, 0.3) is 0 Å². The molecule has 1 N–H and O–H groups in total. The molecule has 2 aromatic carbocycles. The van der Waals surface area contributed by atoms with Crippen molar-refractivity contribution in [1.82, 2.24) is 0 Å². The summed E-state index contributed by atoms with van der Waals surface area (Å²) in [7, 11) is 0. The summed E-state index contributed by atoms with van der Waals surface area (Å²) < 4.78 is 0. The molecule has 0 aliphatic rings. The molecule has 1 aromatic heterocycles. The van der Waals surface area contributed by atoms with Crippen LogP contribution in [0.1, 0.15) is 20.9 Å². The Morgan fingerprint density at radius 3 is 2.55 bits per heavy atom. The van der Waals surface area contributed by atoms with E-state index in [4.69, 9.17) is 0 Å². The highest BCUT2D eigenvalue weighted by molar-refractivity contribution is 7.12. The smallest absolute Gasteiger partial charge is 0.124 e. The van der Waals surface area contributed by atoms with Crippen molar-refractivity contribution >= 4 is 27.7 Å². The maximum atomic E-state index is 10.3. The zero-order valence-corrected chi connectivity index (χ0v) is 12.4. The second-order valence-corrected chi connectivity index (χ2v) is 6.45. The topological polar surface area (TPSA) is 20.2 Å². The SMILES string of the molecule is C=C(c1cc(C)sc1C)c1c(O)ccc2ccccc12. The van der Waals surface area contributed by atoms with Crippen LogP contribution in [0, 0.1) is 13.8 Å². The first-order chi connectivity index (χ1) is 9.58. The van der Waals surface area contributed by atoms with Crippen molar-refractivity contribution in [2.75, 3.05) is 0 Å². The van der Waals surface area contributed by atoms with Crippen LogP contribution in [-0.4, -0.2) is 5.11 Å². The highest BCUT2D eigenvalue weighted by Gasteiger charge is 2.14. The lowest BCUT2D eigenvalue weighted by molar-refractivity contribution is 0.474. The third-order valence-electron chi connectivity index (χ3n) is 3.57. The lowest BCUT2D eigenvalue weighted by Gasteiger charge is -2.12. The molecule has 0 aliphatic carbocycles.